The minimum Gasteiger partial charge on any atom is -0.478 e. The molecule has 1 aliphatic heterocycles. The molecular weight excluding hydrogens is 252 g/mol. The molecule has 2 rings (SSSR count). The Morgan fingerprint density at radius 3 is 2.72 bits per heavy atom. The molecule has 4 nitrogen and oxygen atoms in total. The number of carboxylic acid groups (broad SMARTS) is 1. The predicted octanol–water partition coefficient (Wildman–Crippen LogP) is 2.82. The minimum atomic E-state index is -0.963. The van der Waals surface area contributed by atoms with E-state index in [1.807, 2.05) is 0 Å². The number of anilines is 1. The van der Waals surface area contributed by atoms with Crippen LogP contribution in [-0.4, -0.2) is 29.1 Å². The molecular formula is C13H15ClN2O2. The lowest BCUT2D eigenvalue weighted by Crippen LogP contribution is -2.30. The molecule has 1 aliphatic rings. The summed E-state index contributed by atoms with van der Waals surface area (Å²) in [5.41, 5.74) is 0.795. The highest BCUT2D eigenvalue weighted by Crippen LogP contribution is 2.25. The quantitative estimate of drug-likeness (QED) is 0.675. The van der Waals surface area contributed by atoms with Gasteiger partial charge in [0.05, 0.1) is 0 Å². The molecule has 0 aromatic carbocycles. The maximum atomic E-state index is 10.6. The fraction of sp³-hybridized carbons (Fsp3) is 0.385. The largest absolute Gasteiger partial charge is 0.478 e. The Hall–Kier alpha value is -1.55. The van der Waals surface area contributed by atoms with Crippen molar-refractivity contribution in [1.82, 2.24) is 4.98 Å². The average Bonchev–Trinajstić information content (AvgIpc) is 2.38. The van der Waals surface area contributed by atoms with Gasteiger partial charge in [0.1, 0.15) is 11.0 Å². The van der Waals surface area contributed by atoms with Crippen LogP contribution < -0.4 is 4.90 Å². The zero-order chi connectivity index (χ0) is 13.0. The number of aliphatic carboxylic acids is 1. The predicted molar refractivity (Wildman–Crippen MR) is 72.0 cm³/mol. The molecule has 0 saturated carbocycles. The van der Waals surface area contributed by atoms with Crippen LogP contribution in [0, 0.1) is 0 Å². The van der Waals surface area contributed by atoms with Crippen LogP contribution in [0.4, 0.5) is 5.82 Å². The van der Waals surface area contributed by atoms with E-state index in [1.165, 1.54) is 6.42 Å². The number of carboxylic acids is 1. The van der Waals surface area contributed by atoms with Crippen LogP contribution in [0.1, 0.15) is 24.8 Å². The number of pyridine rings is 1. The third kappa shape index (κ3) is 3.23. The van der Waals surface area contributed by atoms with Gasteiger partial charge in [-0.1, -0.05) is 11.6 Å². The SMILES string of the molecule is O=C(O)C=Cc1ccc(Cl)nc1N1CCCCC1. The van der Waals surface area contributed by atoms with E-state index in [0.717, 1.165) is 43.4 Å². The van der Waals surface area contributed by atoms with Gasteiger partial charge in [-0.2, -0.15) is 0 Å². The summed E-state index contributed by atoms with van der Waals surface area (Å²) in [5, 5.41) is 9.12. The van der Waals surface area contributed by atoms with Crippen molar-refractivity contribution in [1.29, 1.82) is 0 Å². The topological polar surface area (TPSA) is 53.4 Å². The third-order valence-corrected chi connectivity index (χ3v) is 3.14. The number of halogens is 1. The molecule has 0 aliphatic carbocycles. The molecule has 96 valence electrons. The molecule has 0 radical (unpaired) electrons. The molecule has 1 saturated heterocycles. The standard InChI is InChI=1S/C13H15ClN2O2/c14-11-6-4-10(5-7-12(17)18)13(15-11)16-8-2-1-3-9-16/h4-7H,1-3,8-9H2,(H,17,18). The lowest BCUT2D eigenvalue weighted by molar-refractivity contribution is -0.131. The van der Waals surface area contributed by atoms with Gasteiger partial charge >= 0.3 is 5.97 Å². The summed E-state index contributed by atoms with van der Waals surface area (Å²) in [6, 6.07) is 3.48. The zero-order valence-corrected chi connectivity index (χ0v) is 10.7. The molecule has 0 amide bonds. The van der Waals surface area contributed by atoms with Crippen molar-refractivity contribution >= 4 is 29.5 Å². The lowest BCUT2D eigenvalue weighted by Gasteiger charge is -2.29. The van der Waals surface area contributed by atoms with Crippen molar-refractivity contribution < 1.29 is 9.90 Å². The summed E-state index contributed by atoms with van der Waals surface area (Å²) in [6.07, 6.45) is 6.19. The van der Waals surface area contributed by atoms with Gasteiger partial charge in [0.2, 0.25) is 0 Å². The van der Waals surface area contributed by atoms with Crippen LogP contribution in [-0.2, 0) is 4.79 Å². The van der Waals surface area contributed by atoms with Gasteiger partial charge in [0.15, 0.2) is 0 Å². The summed E-state index contributed by atoms with van der Waals surface area (Å²) in [5.74, 6) is -0.186. The zero-order valence-electron chi connectivity index (χ0n) is 9.97. The Morgan fingerprint density at radius 1 is 1.33 bits per heavy atom. The van der Waals surface area contributed by atoms with Gasteiger partial charge in [0, 0.05) is 24.7 Å². The van der Waals surface area contributed by atoms with Gasteiger partial charge in [-0.3, -0.25) is 0 Å². The Morgan fingerprint density at radius 2 is 2.06 bits per heavy atom. The summed E-state index contributed by atoms with van der Waals surface area (Å²) in [6.45, 7) is 1.89. The molecule has 0 bridgehead atoms. The second-order valence-electron chi connectivity index (χ2n) is 4.27. The summed E-state index contributed by atoms with van der Waals surface area (Å²) < 4.78 is 0. The van der Waals surface area contributed by atoms with Gasteiger partial charge in [-0.15, -0.1) is 0 Å². The van der Waals surface area contributed by atoms with E-state index >= 15 is 0 Å². The Bertz CT molecular complexity index is 468. The highest BCUT2D eigenvalue weighted by molar-refractivity contribution is 6.29. The molecule has 0 atom stereocenters. The Kier molecular flexibility index (Phi) is 4.20. The van der Waals surface area contributed by atoms with Crippen molar-refractivity contribution in [3.8, 4) is 0 Å². The number of carbonyl (C=O) groups is 1. The highest BCUT2D eigenvalue weighted by Gasteiger charge is 2.15. The first-order valence-corrected chi connectivity index (χ1v) is 6.37. The van der Waals surface area contributed by atoms with Crippen molar-refractivity contribution in [2.45, 2.75) is 19.3 Å². The summed E-state index contributed by atoms with van der Waals surface area (Å²) in [4.78, 5) is 17.1. The molecule has 0 unspecified atom stereocenters. The lowest BCUT2D eigenvalue weighted by atomic mass is 10.1. The fourth-order valence-electron chi connectivity index (χ4n) is 2.09. The van der Waals surface area contributed by atoms with E-state index in [4.69, 9.17) is 16.7 Å². The van der Waals surface area contributed by atoms with Crippen LogP contribution in [0.2, 0.25) is 5.15 Å². The first-order valence-electron chi connectivity index (χ1n) is 5.99. The van der Waals surface area contributed by atoms with Crippen LogP contribution in [0.3, 0.4) is 0 Å². The smallest absolute Gasteiger partial charge is 0.328 e. The number of piperidine rings is 1. The van der Waals surface area contributed by atoms with Gasteiger partial charge < -0.3 is 10.0 Å². The number of rotatable bonds is 3. The number of nitrogens with zero attached hydrogens (tertiary/aromatic N) is 2. The van der Waals surface area contributed by atoms with Crippen LogP contribution in [0.5, 0.6) is 0 Å². The molecule has 2 heterocycles. The first-order chi connectivity index (χ1) is 8.66. The molecule has 18 heavy (non-hydrogen) atoms. The number of hydrogen-bond acceptors (Lipinski definition) is 3. The van der Waals surface area contributed by atoms with Crippen molar-refractivity contribution in [3.05, 3.63) is 28.9 Å². The van der Waals surface area contributed by atoms with Crippen molar-refractivity contribution in [3.63, 3.8) is 0 Å². The third-order valence-electron chi connectivity index (χ3n) is 2.93. The second kappa shape index (κ2) is 5.87. The maximum absolute atomic E-state index is 10.6. The van der Waals surface area contributed by atoms with E-state index in [-0.39, 0.29) is 0 Å². The first kappa shape index (κ1) is 12.9. The monoisotopic (exact) mass is 266 g/mol. The van der Waals surface area contributed by atoms with Gasteiger partial charge in [-0.05, 0) is 37.5 Å². The van der Waals surface area contributed by atoms with Gasteiger partial charge in [0.25, 0.3) is 0 Å². The molecule has 1 fully saturated rings. The molecule has 1 N–H and O–H groups in total. The van der Waals surface area contributed by atoms with Gasteiger partial charge in [-0.25, -0.2) is 9.78 Å². The van der Waals surface area contributed by atoms with Crippen LogP contribution >= 0.6 is 11.6 Å². The fourth-order valence-corrected chi connectivity index (χ4v) is 2.23. The Labute approximate surface area is 111 Å². The maximum Gasteiger partial charge on any atom is 0.328 e. The van der Waals surface area contributed by atoms with Crippen LogP contribution in [0.25, 0.3) is 6.08 Å². The van der Waals surface area contributed by atoms with E-state index in [0.29, 0.717) is 5.15 Å². The minimum absolute atomic E-state index is 0.433. The van der Waals surface area contributed by atoms with Crippen molar-refractivity contribution in [2.75, 3.05) is 18.0 Å². The Balaban J connectivity index is 2.30. The highest BCUT2D eigenvalue weighted by atomic mass is 35.5. The summed E-state index contributed by atoms with van der Waals surface area (Å²) in [7, 11) is 0. The molecule has 1 aromatic rings. The molecule has 0 spiro atoms. The van der Waals surface area contributed by atoms with Crippen molar-refractivity contribution in [2.24, 2.45) is 0 Å². The molecule has 5 heteroatoms. The summed E-state index contributed by atoms with van der Waals surface area (Å²) >= 11 is 5.92. The van der Waals surface area contributed by atoms with E-state index in [1.54, 1.807) is 18.2 Å². The van der Waals surface area contributed by atoms with E-state index < -0.39 is 5.97 Å². The van der Waals surface area contributed by atoms with Crippen LogP contribution in [0.15, 0.2) is 18.2 Å². The molecule has 1 aromatic heterocycles. The second-order valence-corrected chi connectivity index (χ2v) is 4.65. The average molecular weight is 267 g/mol. The van der Waals surface area contributed by atoms with E-state index in [9.17, 15) is 4.79 Å². The number of aromatic nitrogens is 1. The normalized spacial score (nSPS) is 16.2. The van der Waals surface area contributed by atoms with E-state index in [2.05, 4.69) is 9.88 Å². The number of hydrogen-bond donors (Lipinski definition) is 1.